The maximum Gasteiger partial charge on any atom is 0.223 e. The molecule has 1 amide bonds. The average Bonchev–Trinajstić information content (AvgIpc) is 2.74. The molecule has 0 spiro atoms. The first kappa shape index (κ1) is 20.2. The van der Waals surface area contributed by atoms with Gasteiger partial charge in [0, 0.05) is 38.6 Å². The van der Waals surface area contributed by atoms with Crippen molar-refractivity contribution in [3.05, 3.63) is 71.5 Å². The number of methoxy groups -OCH3 is 1. The van der Waals surface area contributed by atoms with Crippen molar-refractivity contribution in [2.45, 2.75) is 31.8 Å². The topological polar surface area (TPSA) is 46.6 Å². The molecule has 28 heavy (non-hydrogen) atoms. The lowest BCUT2D eigenvalue weighted by molar-refractivity contribution is -0.133. The summed E-state index contributed by atoms with van der Waals surface area (Å²) in [6.07, 6.45) is 2.14. The second-order valence-electron chi connectivity index (χ2n) is 7.22. The molecule has 5 heteroatoms. The highest BCUT2D eigenvalue weighted by molar-refractivity contribution is 5.97. The van der Waals surface area contributed by atoms with E-state index in [0.29, 0.717) is 24.6 Å². The van der Waals surface area contributed by atoms with Crippen LogP contribution in [0.1, 0.15) is 47.7 Å². The van der Waals surface area contributed by atoms with Crippen LogP contribution in [0, 0.1) is 11.7 Å². The molecule has 2 aromatic carbocycles. The highest BCUT2D eigenvalue weighted by atomic mass is 19.1. The molecule has 0 bridgehead atoms. The Morgan fingerprint density at radius 3 is 2.29 bits per heavy atom. The summed E-state index contributed by atoms with van der Waals surface area (Å²) in [6, 6.07) is 15.6. The summed E-state index contributed by atoms with van der Waals surface area (Å²) in [5.74, 6) is -0.132. The quantitative estimate of drug-likeness (QED) is 0.665. The van der Waals surface area contributed by atoms with Gasteiger partial charge in [0.05, 0.1) is 6.10 Å². The number of hydrogen-bond acceptors (Lipinski definition) is 3. The first-order chi connectivity index (χ1) is 13.6. The van der Waals surface area contributed by atoms with Gasteiger partial charge in [0.15, 0.2) is 5.78 Å². The lowest BCUT2D eigenvalue weighted by Crippen LogP contribution is -2.40. The molecule has 148 valence electrons. The first-order valence-electron chi connectivity index (χ1n) is 9.72. The van der Waals surface area contributed by atoms with Crippen LogP contribution in [-0.4, -0.2) is 36.8 Å². The molecule has 4 nitrogen and oxygen atoms in total. The molecule has 0 N–H and O–H groups in total. The molecular weight excluding hydrogens is 357 g/mol. The van der Waals surface area contributed by atoms with Crippen molar-refractivity contribution in [1.29, 1.82) is 0 Å². The molecule has 1 aliphatic rings. The van der Waals surface area contributed by atoms with Gasteiger partial charge in [0.2, 0.25) is 5.91 Å². The molecule has 1 fully saturated rings. The summed E-state index contributed by atoms with van der Waals surface area (Å²) in [5.41, 5.74) is 1.61. The molecule has 1 unspecified atom stereocenters. The van der Waals surface area contributed by atoms with Crippen LogP contribution >= 0.6 is 0 Å². The minimum atomic E-state index is -0.375. The van der Waals surface area contributed by atoms with Crippen LogP contribution in [0.5, 0.6) is 0 Å². The molecular formula is C23H26FNO3. The summed E-state index contributed by atoms with van der Waals surface area (Å²) in [7, 11) is 1.73. The SMILES string of the molecule is COC(c1ccccc1)C1CCN(C(=O)CCC(=O)c2ccc(F)cc2)CC1. The number of ether oxygens (including phenoxy) is 1. The number of halogens is 1. The van der Waals surface area contributed by atoms with Crippen LogP contribution < -0.4 is 0 Å². The van der Waals surface area contributed by atoms with E-state index in [4.69, 9.17) is 4.74 Å². The maximum absolute atomic E-state index is 12.9. The summed E-state index contributed by atoms with van der Waals surface area (Å²) in [5, 5.41) is 0. The molecule has 0 radical (unpaired) electrons. The smallest absolute Gasteiger partial charge is 0.223 e. The van der Waals surface area contributed by atoms with Gasteiger partial charge in [0.25, 0.3) is 0 Å². The third-order valence-electron chi connectivity index (χ3n) is 5.43. The van der Waals surface area contributed by atoms with E-state index in [1.165, 1.54) is 29.8 Å². The van der Waals surface area contributed by atoms with Gasteiger partial charge < -0.3 is 9.64 Å². The molecule has 0 aromatic heterocycles. The minimum Gasteiger partial charge on any atom is -0.376 e. The van der Waals surface area contributed by atoms with Crippen molar-refractivity contribution in [2.75, 3.05) is 20.2 Å². The van der Waals surface area contributed by atoms with Crippen molar-refractivity contribution in [3.8, 4) is 0 Å². The molecule has 0 saturated carbocycles. The van der Waals surface area contributed by atoms with E-state index in [-0.39, 0.29) is 36.5 Å². The molecule has 0 aliphatic carbocycles. The van der Waals surface area contributed by atoms with Gasteiger partial charge in [-0.25, -0.2) is 4.39 Å². The van der Waals surface area contributed by atoms with Crippen molar-refractivity contribution in [3.63, 3.8) is 0 Å². The minimum absolute atomic E-state index is 0.00240. The summed E-state index contributed by atoms with van der Waals surface area (Å²) < 4.78 is 18.7. The number of ketones is 1. The van der Waals surface area contributed by atoms with E-state index in [2.05, 4.69) is 12.1 Å². The highest BCUT2D eigenvalue weighted by Crippen LogP contribution is 2.33. The lowest BCUT2D eigenvalue weighted by atomic mass is 9.87. The first-order valence-corrected chi connectivity index (χ1v) is 9.72. The number of piperidine rings is 1. The van der Waals surface area contributed by atoms with Crippen molar-refractivity contribution in [2.24, 2.45) is 5.92 Å². The normalized spacial score (nSPS) is 16.0. The number of carbonyl (C=O) groups is 2. The second kappa shape index (κ2) is 9.60. The van der Waals surface area contributed by atoms with Crippen molar-refractivity contribution >= 4 is 11.7 Å². The fourth-order valence-electron chi connectivity index (χ4n) is 3.85. The molecule has 1 atom stereocenters. The Morgan fingerprint density at radius 1 is 1.04 bits per heavy atom. The lowest BCUT2D eigenvalue weighted by Gasteiger charge is -2.35. The van der Waals surface area contributed by atoms with Gasteiger partial charge in [-0.1, -0.05) is 30.3 Å². The van der Waals surface area contributed by atoms with Gasteiger partial charge in [0.1, 0.15) is 5.82 Å². The van der Waals surface area contributed by atoms with Crippen LogP contribution in [-0.2, 0) is 9.53 Å². The monoisotopic (exact) mass is 383 g/mol. The van der Waals surface area contributed by atoms with Gasteiger partial charge in [-0.05, 0) is 48.6 Å². The average molecular weight is 383 g/mol. The van der Waals surface area contributed by atoms with E-state index in [9.17, 15) is 14.0 Å². The van der Waals surface area contributed by atoms with E-state index in [0.717, 1.165) is 12.8 Å². The Bertz CT molecular complexity index is 783. The second-order valence-corrected chi connectivity index (χ2v) is 7.22. The van der Waals surface area contributed by atoms with Gasteiger partial charge >= 0.3 is 0 Å². The van der Waals surface area contributed by atoms with Crippen LogP contribution in [0.2, 0.25) is 0 Å². The Balaban J connectivity index is 1.48. The fourth-order valence-corrected chi connectivity index (χ4v) is 3.85. The standard InChI is InChI=1S/C23H26FNO3/c1-28-23(18-5-3-2-4-6-18)19-13-15-25(16-14-19)22(27)12-11-21(26)17-7-9-20(24)10-8-17/h2-10,19,23H,11-16H2,1H3. The third-order valence-corrected chi connectivity index (χ3v) is 5.43. The zero-order valence-electron chi connectivity index (χ0n) is 16.1. The summed E-state index contributed by atoms with van der Waals surface area (Å²) in [6.45, 7) is 1.36. The number of likely N-dealkylation sites (tertiary alicyclic amines) is 1. The number of nitrogens with zero attached hydrogens (tertiary/aromatic N) is 1. The van der Waals surface area contributed by atoms with E-state index >= 15 is 0 Å². The Kier molecular flexibility index (Phi) is 6.93. The van der Waals surface area contributed by atoms with E-state index in [1.54, 1.807) is 7.11 Å². The largest absolute Gasteiger partial charge is 0.376 e. The van der Waals surface area contributed by atoms with Gasteiger partial charge in [-0.2, -0.15) is 0 Å². The summed E-state index contributed by atoms with van der Waals surface area (Å²) in [4.78, 5) is 26.5. The number of rotatable bonds is 7. The number of amides is 1. The molecule has 1 aliphatic heterocycles. The highest BCUT2D eigenvalue weighted by Gasteiger charge is 2.29. The third kappa shape index (κ3) is 5.04. The zero-order valence-corrected chi connectivity index (χ0v) is 16.1. The van der Waals surface area contributed by atoms with E-state index in [1.807, 2.05) is 23.1 Å². The number of Topliss-reactive ketones (excluding diaryl/α,β-unsaturated/α-hetero) is 1. The fraction of sp³-hybridized carbons (Fsp3) is 0.391. The van der Waals surface area contributed by atoms with E-state index < -0.39 is 0 Å². The van der Waals surface area contributed by atoms with Crippen LogP contribution in [0.3, 0.4) is 0 Å². The Labute approximate surface area is 165 Å². The van der Waals surface area contributed by atoms with Crippen molar-refractivity contribution in [1.82, 2.24) is 4.90 Å². The molecule has 3 rings (SSSR count). The van der Waals surface area contributed by atoms with Gasteiger partial charge in [-0.3, -0.25) is 9.59 Å². The van der Waals surface area contributed by atoms with Crippen LogP contribution in [0.25, 0.3) is 0 Å². The predicted octanol–water partition coefficient (Wildman–Crippen LogP) is 4.41. The predicted molar refractivity (Wildman–Crippen MR) is 105 cm³/mol. The summed E-state index contributed by atoms with van der Waals surface area (Å²) >= 11 is 0. The van der Waals surface area contributed by atoms with Crippen molar-refractivity contribution < 1.29 is 18.7 Å². The zero-order chi connectivity index (χ0) is 19.9. The van der Waals surface area contributed by atoms with Gasteiger partial charge in [-0.15, -0.1) is 0 Å². The molecule has 1 heterocycles. The molecule has 2 aromatic rings. The number of benzene rings is 2. The maximum atomic E-state index is 12.9. The number of carbonyl (C=O) groups excluding carboxylic acids is 2. The van der Waals surface area contributed by atoms with Crippen LogP contribution in [0.4, 0.5) is 4.39 Å². The Hall–Kier alpha value is -2.53. The number of hydrogen-bond donors (Lipinski definition) is 0. The Morgan fingerprint density at radius 2 is 1.68 bits per heavy atom. The van der Waals surface area contributed by atoms with Crippen LogP contribution in [0.15, 0.2) is 54.6 Å². The molecule has 1 saturated heterocycles.